The lowest BCUT2D eigenvalue weighted by Crippen LogP contribution is -2.29. The van der Waals surface area contributed by atoms with E-state index in [0.717, 1.165) is 6.42 Å². The number of Topliss-reactive ketones (excluding diaryl/α,β-unsaturated/α-hetero) is 1. The fourth-order valence-electron chi connectivity index (χ4n) is 1.27. The number of nitrogens with zero attached hydrogens (tertiary/aromatic N) is 1. The maximum absolute atomic E-state index is 11.8. The highest BCUT2D eigenvalue weighted by Crippen LogP contribution is 2.11. The first-order valence-corrected chi connectivity index (χ1v) is 5.98. The van der Waals surface area contributed by atoms with Crippen LogP contribution in [-0.4, -0.2) is 30.0 Å². The second-order valence-electron chi connectivity index (χ2n) is 4.22. The van der Waals surface area contributed by atoms with Gasteiger partial charge in [0.15, 0.2) is 5.78 Å². The van der Waals surface area contributed by atoms with E-state index in [0.29, 0.717) is 30.5 Å². The Kier molecular flexibility index (Phi) is 5.63. The number of carbonyl (C=O) groups excluding carboxylic acids is 1. The summed E-state index contributed by atoms with van der Waals surface area (Å²) in [7, 11) is 0. The fraction of sp³-hybridized carbons (Fsp3) is 0.538. The number of aromatic nitrogens is 1. The molecule has 0 spiro atoms. The van der Waals surface area contributed by atoms with Crippen LogP contribution in [-0.2, 0) is 0 Å². The van der Waals surface area contributed by atoms with E-state index < -0.39 is 0 Å². The Hall–Kier alpha value is -1.42. The molecule has 0 unspecified atom stereocenters. The number of nitrogens with one attached hydrogen (secondary N) is 1. The number of ketones is 1. The van der Waals surface area contributed by atoms with Gasteiger partial charge in [-0.25, -0.2) is 0 Å². The molecule has 1 aromatic rings. The van der Waals surface area contributed by atoms with Gasteiger partial charge in [-0.15, -0.1) is 0 Å². The number of ether oxygens (including phenoxy) is 1. The van der Waals surface area contributed by atoms with E-state index in [1.165, 1.54) is 0 Å². The minimum Gasteiger partial charge on any atom is -0.492 e. The Morgan fingerprint density at radius 1 is 1.47 bits per heavy atom. The van der Waals surface area contributed by atoms with Gasteiger partial charge in [-0.1, -0.05) is 20.8 Å². The standard InChI is InChI=1S/C13H20N2O2/c1-4-5-17-12-6-11(7-14-8-12)13(16)9-15-10(2)3/h6-8,10,15H,4-5,9H2,1-3H3. The molecule has 0 radical (unpaired) electrons. The predicted octanol–water partition coefficient (Wildman–Crippen LogP) is 2.05. The van der Waals surface area contributed by atoms with E-state index in [4.69, 9.17) is 4.74 Å². The molecule has 0 saturated carbocycles. The molecular weight excluding hydrogens is 216 g/mol. The summed E-state index contributed by atoms with van der Waals surface area (Å²) in [5, 5.41) is 3.09. The van der Waals surface area contributed by atoms with E-state index in [-0.39, 0.29) is 5.78 Å². The van der Waals surface area contributed by atoms with Crippen molar-refractivity contribution in [2.45, 2.75) is 33.2 Å². The molecule has 1 N–H and O–H groups in total. The Balaban J connectivity index is 2.60. The van der Waals surface area contributed by atoms with Crippen LogP contribution < -0.4 is 10.1 Å². The molecule has 4 nitrogen and oxygen atoms in total. The van der Waals surface area contributed by atoms with Crippen LogP contribution in [0, 0.1) is 0 Å². The Morgan fingerprint density at radius 3 is 2.88 bits per heavy atom. The minimum atomic E-state index is 0.0353. The van der Waals surface area contributed by atoms with E-state index in [1.807, 2.05) is 20.8 Å². The molecule has 4 heteroatoms. The van der Waals surface area contributed by atoms with E-state index >= 15 is 0 Å². The van der Waals surface area contributed by atoms with Gasteiger partial charge in [-0.05, 0) is 12.5 Å². The Bertz CT molecular complexity index is 364. The zero-order valence-electron chi connectivity index (χ0n) is 10.7. The second kappa shape index (κ2) is 7.01. The maximum atomic E-state index is 11.8. The highest BCUT2D eigenvalue weighted by atomic mass is 16.5. The molecule has 1 heterocycles. The maximum Gasteiger partial charge on any atom is 0.178 e. The summed E-state index contributed by atoms with van der Waals surface area (Å²) in [5.41, 5.74) is 0.590. The summed E-state index contributed by atoms with van der Waals surface area (Å²) in [6, 6.07) is 2.04. The lowest BCUT2D eigenvalue weighted by molar-refractivity contribution is 0.0987. The third-order valence-corrected chi connectivity index (χ3v) is 2.18. The number of hydrogen-bond acceptors (Lipinski definition) is 4. The van der Waals surface area contributed by atoms with Gasteiger partial charge in [0.05, 0.1) is 19.3 Å². The molecule has 0 atom stereocenters. The lowest BCUT2D eigenvalue weighted by atomic mass is 10.2. The molecule has 0 aliphatic rings. The summed E-state index contributed by atoms with van der Waals surface area (Å²) < 4.78 is 5.44. The van der Waals surface area contributed by atoms with Gasteiger partial charge in [-0.3, -0.25) is 9.78 Å². The lowest BCUT2D eigenvalue weighted by Gasteiger charge is -2.08. The van der Waals surface area contributed by atoms with Gasteiger partial charge >= 0.3 is 0 Å². The van der Waals surface area contributed by atoms with Crippen molar-refractivity contribution in [3.05, 3.63) is 24.0 Å². The monoisotopic (exact) mass is 236 g/mol. The number of rotatable bonds is 7. The molecule has 1 rings (SSSR count). The molecule has 0 saturated heterocycles. The van der Waals surface area contributed by atoms with Crippen molar-refractivity contribution in [2.75, 3.05) is 13.2 Å². The molecule has 0 fully saturated rings. The first kappa shape index (κ1) is 13.6. The van der Waals surface area contributed by atoms with Crippen molar-refractivity contribution in [3.63, 3.8) is 0 Å². The average Bonchev–Trinajstić information content (AvgIpc) is 2.33. The third-order valence-electron chi connectivity index (χ3n) is 2.18. The van der Waals surface area contributed by atoms with Crippen molar-refractivity contribution in [2.24, 2.45) is 0 Å². The van der Waals surface area contributed by atoms with E-state index in [2.05, 4.69) is 10.3 Å². The molecule has 0 bridgehead atoms. The zero-order valence-corrected chi connectivity index (χ0v) is 10.7. The molecule has 1 aromatic heterocycles. The first-order valence-electron chi connectivity index (χ1n) is 5.98. The second-order valence-corrected chi connectivity index (χ2v) is 4.22. The Labute approximate surface area is 102 Å². The highest BCUT2D eigenvalue weighted by Gasteiger charge is 2.08. The molecule has 17 heavy (non-hydrogen) atoms. The summed E-state index contributed by atoms with van der Waals surface area (Å²) in [6.07, 6.45) is 4.14. The SMILES string of the molecule is CCCOc1cncc(C(=O)CNC(C)C)c1. The van der Waals surface area contributed by atoms with Crippen LogP contribution in [0.4, 0.5) is 0 Å². The minimum absolute atomic E-state index is 0.0353. The molecule has 0 aliphatic carbocycles. The van der Waals surface area contributed by atoms with Crippen LogP contribution in [0.3, 0.4) is 0 Å². The van der Waals surface area contributed by atoms with Crippen LogP contribution in [0.5, 0.6) is 5.75 Å². The van der Waals surface area contributed by atoms with Crippen molar-refractivity contribution in [3.8, 4) is 5.75 Å². The predicted molar refractivity (Wildman–Crippen MR) is 67.5 cm³/mol. The largest absolute Gasteiger partial charge is 0.492 e. The topological polar surface area (TPSA) is 51.2 Å². The number of carbonyl (C=O) groups is 1. The van der Waals surface area contributed by atoms with E-state index in [9.17, 15) is 4.79 Å². The highest BCUT2D eigenvalue weighted by molar-refractivity contribution is 5.97. The fourth-order valence-corrected chi connectivity index (χ4v) is 1.27. The van der Waals surface area contributed by atoms with Crippen molar-refractivity contribution < 1.29 is 9.53 Å². The molecule has 94 valence electrons. The van der Waals surface area contributed by atoms with Crippen molar-refractivity contribution in [1.29, 1.82) is 0 Å². The summed E-state index contributed by atoms with van der Waals surface area (Å²) >= 11 is 0. The zero-order chi connectivity index (χ0) is 12.7. The van der Waals surface area contributed by atoms with Gasteiger partial charge in [0.1, 0.15) is 5.75 Å². The normalized spacial score (nSPS) is 10.6. The molecule has 0 aliphatic heterocycles. The van der Waals surface area contributed by atoms with Gasteiger partial charge in [-0.2, -0.15) is 0 Å². The van der Waals surface area contributed by atoms with Crippen LogP contribution in [0.25, 0.3) is 0 Å². The van der Waals surface area contributed by atoms with Gasteiger partial charge in [0, 0.05) is 17.8 Å². The Morgan fingerprint density at radius 2 is 2.24 bits per heavy atom. The number of hydrogen-bond donors (Lipinski definition) is 1. The van der Waals surface area contributed by atoms with Crippen LogP contribution in [0.1, 0.15) is 37.6 Å². The average molecular weight is 236 g/mol. The molecule has 0 aromatic carbocycles. The van der Waals surface area contributed by atoms with E-state index in [1.54, 1.807) is 18.5 Å². The van der Waals surface area contributed by atoms with Crippen LogP contribution in [0.2, 0.25) is 0 Å². The van der Waals surface area contributed by atoms with Gasteiger partial charge in [0.2, 0.25) is 0 Å². The van der Waals surface area contributed by atoms with Gasteiger partial charge in [0.25, 0.3) is 0 Å². The smallest absolute Gasteiger partial charge is 0.178 e. The number of pyridine rings is 1. The summed E-state index contributed by atoms with van der Waals surface area (Å²) in [5.74, 6) is 0.690. The molecule has 0 amide bonds. The third kappa shape index (κ3) is 4.95. The molecular formula is C13H20N2O2. The summed E-state index contributed by atoms with van der Waals surface area (Å²) in [6.45, 7) is 7.02. The van der Waals surface area contributed by atoms with Crippen LogP contribution in [0.15, 0.2) is 18.5 Å². The summed E-state index contributed by atoms with van der Waals surface area (Å²) in [4.78, 5) is 15.8. The van der Waals surface area contributed by atoms with Gasteiger partial charge < -0.3 is 10.1 Å². The first-order chi connectivity index (χ1) is 8.13. The van der Waals surface area contributed by atoms with Crippen molar-refractivity contribution in [1.82, 2.24) is 10.3 Å². The van der Waals surface area contributed by atoms with Crippen molar-refractivity contribution >= 4 is 5.78 Å². The van der Waals surface area contributed by atoms with Crippen LogP contribution >= 0.6 is 0 Å². The quantitative estimate of drug-likeness (QED) is 0.736.